The Kier molecular flexibility index (Phi) is 5.92. The van der Waals surface area contributed by atoms with Gasteiger partial charge in [-0.15, -0.1) is 0 Å². The molecular weight excluding hydrogens is 248 g/mol. The fourth-order valence-corrected chi connectivity index (χ4v) is 2.95. The van der Waals surface area contributed by atoms with Crippen LogP contribution in [0.5, 0.6) is 0 Å². The van der Waals surface area contributed by atoms with Gasteiger partial charge in [0.1, 0.15) is 5.82 Å². The Morgan fingerprint density at radius 3 is 2.75 bits per heavy atom. The minimum atomic E-state index is 0.594. The molecule has 4 nitrogen and oxygen atoms in total. The molecule has 2 rings (SSSR count). The Balaban J connectivity index is 2.02. The summed E-state index contributed by atoms with van der Waals surface area (Å²) < 4.78 is 0. The van der Waals surface area contributed by atoms with Crippen molar-refractivity contribution >= 4 is 0 Å². The number of aromatic nitrogens is 2. The number of nitrogens with zero attached hydrogens (tertiary/aromatic N) is 3. The van der Waals surface area contributed by atoms with Gasteiger partial charge in [0, 0.05) is 37.6 Å². The Hall–Kier alpha value is -1.00. The number of piperazine rings is 1. The van der Waals surface area contributed by atoms with Gasteiger partial charge in [0.15, 0.2) is 0 Å². The van der Waals surface area contributed by atoms with Gasteiger partial charge in [-0.05, 0) is 18.4 Å². The Morgan fingerprint density at radius 1 is 1.35 bits per heavy atom. The third kappa shape index (κ3) is 4.00. The first-order valence-corrected chi connectivity index (χ1v) is 7.97. The summed E-state index contributed by atoms with van der Waals surface area (Å²) in [4.78, 5) is 11.3. The van der Waals surface area contributed by atoms with E-state index in [9.17, 15) is 0 Å². The summed E-state index contributed by atoms with van der Waals surface area (Å²) in [6.45, 7) is 9.95. The largest absolute Gasteiger partial charge is 0.311 e. The maximum Gasteiger partial charge on any atom is 0.142 e. The second kappa shape index (κ2) is 7.70. The lowest BCUT2D eigenvalue weighted by Crippen LogP contribution is -2.58. The molecule has 0 amide bonds. The topological polar surface area (TPSA) is 41.0 Å². The molecule has 1 aromatic rings. The van der Waals surface area contributed by atoms with E-state index in [1.807, 2.05) is 18.5 Å². The van der Waals surface area contributed by atoms with Gasteiger partial charge in [-0.25, -0.2) is 9.97 Å². The highest BCUT2D eigenvalue weighted by molar-refractivity contribution is 4.93. The van der Waals surface area contributed by atoms with Crippen molar-refractivity contribution in [3.05, 3.63) is 24.3 Å². The van der Waals surface area contributed by atoms with Crippen LogP contribution in [-0.2, 0) is 6.54 Å². The summed E-state index contributed by atoms with van der Waals surface area (Å²) in [5, 5.41) is 3.74. The highest BCUT2D eigenvalue weighted by atomic mass is 15.2. The van der Waals surface area contributed by atoms with Crippen LogP contribution >= 0.6 is 0 Å². The zero-order valence-electron chi connectivity index (χ0n) is 13.0. The maximum atomic E-state index is 4.38. The van der Waals surface area contributed by atoms with Crippen molar-refractivity contribution < 1.29 is 0 Å². The smallest absolute Gasteiger partial charge is 0.142 e. The molecule has 1 aliphatic rings. The van der Waals surface area contributed by atoms with E-state index >= 15 is 0 Å². The normalized spacial score (nSPS) is 25.6. The maximum absolute atomic E-state index is 4.38. The van der Waals surface area contributed by atoms with Crippen molar-refractivity contribution in [1.82, 2.24) is 20.2 Å². The van der Waals surface area contributed by atoms with Crippen LogP contribution < -0.4 is 5.32 Å². The lowest BCUT2D eigenvalue weighted by Gasteiger charge is -2.42. The predicted molar refractivity (Wildman–Crippen MR) is 82.4 cm³/mol. The lowest BCUT2D eigenvalue weighted by molar-refractivity contribution is 0.0934. The van der Waals surface area contributed by atoms with E-state index in [2.05, 4.69) is 41.0 Å². The number of rotatable bonds is 6. The van der Waals surface area contributed by atoms with E-state index in [0.29, 0.717) is 12.1 Å². The average Bonchev–Trinajstić information content (AvgIpc) is 2.49. The molecule has 0 aromatic carbocycles. The van der Waals surface area contributed by atoms with Crippen LogP contribution in [0.25, 0.3) is 0 Å². The third-order valence-corrected chi connectivity index (χ3v) is 4.48. The standard InChI is InChI=1S/C16H28N4/c1-4-7-14-10-19-15(13(3)5-2)11-20(14)12-16-17-8-6-9-18-16/h6,8-9,13-15,19H,4-5,7,10-12H2,1-3H3. The number of hydrogen-bond acceptors (Lipinski definition) is 4. The van der Waals surface area contributed by atoms with Crippen LogP contribution in [0, 0.1) is 5.92 Å². The zero-order chi connectivity index (χ0) is 14.4. The van der Waals surface area contributed by atoms with Gasteiger partial charge < -0.3 is 5.32 Å². The van der Waals surface area contributed by atoms with Crippen molar-refractivity contribution in [3.63, 3.8) is 0 Å². The van der Waals surface area contributed by atoms with Gasteiger partial charge in [-0.1, -0.05) is 33.6 Å². The van der Waals surface area contributed by atoms with E-state index < -0.39 is 0 Å². The van der Waals surface area contributed by atoms with E-state index in [1.165, 1.54) is 19.3 Å². The van der Waals surface area contributed by atoms with Crippen LogP contribution in [-0.4, -0.2) is 40.0 Å². The van der Waals surface area contributed by atoms with E-state index in [1.54, 1.807) is 0 Å². The molecule has 1 N–H and O–H groups in total. The van der Waals surface area contributed by atoms with Crippen molar-refractivity contribution in [2.45, 2.75) is 58.7 Å². The molecule has 3 atom stereocenters. The molecule has 0 aliphatic carbocycles. The SMILES string of the molecule is CCCC1CNC(C(C)CC)CN1Cc1ncccn1. The summed E-state index contributed by atoms with van der Waals surface area (Å²) in [6.07, 6.45) is 7.38. The average molecular weight is 276 g/mol. The molecule has 3 unspecified atom stereocenters. The quantitative estimate of drug-likeness (QED) is 0.866. The van der Waals surface area contributed by atoms with Gasteiger partial charge in [0.25, 0.3) is 0 Å². The van der Waals surface area contributed by atoms with Gasteiger partial charge in [0.2, 0.25) is 0 Å². The molecule has 0 saturated carbocycles. The van der Waals surface area contributed by atoms with Gasteiger partial charge >= 0.3 is 0 Å². The first-order chi connectivity index (χ1) is 9.74. The second-order valence-corrected chi connectivity index (χ2v) is 5.94. The molecule has 20 heavy (non-hydrogen) atoms. The molecule has 2 heterocycles. The van der Waals surface area contributed by atoms with Crippen LogP contribution in [0.2, 0.25) is 0 Å². The minimum absolute atomic E-state index is 0.594. The zero-order valence-corrected chi connectivity index (χ0v) is 13.0. The van der Waals surface area contributed by atoms with Crippen molar-refractivity contribution in [2.75, 3.05) is 13.1 Å². The van der Waals surface area contributed by atoms with Crippen LogP contribution in [0.1, 0.15) is 45.9 Å². The molecule has 1 saturated heterocycles. The van der Waals surface area contributed by atoms with E-state index in [-0.39, 0.29) is 0 Å². The van der Waals surface area contributed by atoms with Crippen molar-refractivity contribution in [2.24, 2.45) is 5.92 Å². The molecule has 0 bridgehead atoms. The third-order valence-electron chi connectivity index (χ3n) is 4.48. The van der Waals surface area contributed by atoms with Gasteiger partial charge in [-0.3, -0.25) is 4.90 Å². The molecule has 112 valence electrons. The molecule has 4 heteroatoms. The van der Waals surface area contributed by atoms with Crippen LogP contribution in [0.15, 0.2) is 18.5 Å². The molecular formula is C16H28N4. The first kappa shape index (κ1) is 15.4. The van der Waals surface area contributed by atoms with E-state index in [4.69, 9.17) is 0 Å². The number of hydrogen-bond donors (Lipinski definition) is 1. The molecule has 1 aliphatic heterocycles. The molecule has 1 fully saturated rings. The first-order valence-electron chi connectivity index (χ1n) is 7.97. The summed E-state index contributed by atoms with van der Waals surface area (Å²) >= 11 is 0. The lowest BCUT2D eigenvalue weighted by atomic mass is 9.94. The summed E-state index contributed by atoms with van der Waals surface area (Å²) in [5.41, 5.74) is 0. The number of nitrogens with one attached hydrogen (secondary N) is 1. The molecule has 1 aromatic heterocycles. The second-order valence-electron chi connectivity index (χ2n) is 5.94. The highest BCUT2D eigenvalue weighted by Crippen LogP contribution is 2.19. The van der Waals surface area contributed by atoms with Crippen molar-refractivity contribution in [1.29, 1.82) is 0 Å². The fraction of sp³-hybridized carbons (Fsp3) is 0.750. The highest BCUT2D eigenvalue weighted by Gasteiger charge is 2.29. The Bertz CT molecular complexity index is 381. The van der Waals surface area contributed by atoms with Crippen molar-refractivity contribution in [3.8, 4) is 0 Å². The van der Waals surface area contributed by atoms with Gasteiger partial charge in [0.05, 0.1) is 6.54 Å². The van der Waals surface area contributed by atoms with Crippen LogP contribution in [0.4, 0.5) is 0 Å². The summed E-state index contributed by atoms with van der Waals surface area (Å²) in [5.74, 6) is 1.66. The van der Waals surface area contributed by atoms with Gasteiger partial charge in [-0.2, -0.15) is 0 Å². The van der Waals surface area contributed by atoms with E-state index in [0.717, 1.165) is 31.4 Å². The molecule has 0 radical (unpaired) electrons. The minimum Gasteiger partial charge on any atom is -0.311 e. The predicted octanol–water partition coefficient (Wildman–Crippen LogP) is 2.47. The Morgan fingerprint density at radius 2 is 2.10 bits per heavy atom. The van der Waals surface area contributed by atoms with Crippen LogP contribution in [0.3, 0.4) is 0 Å². The fourth-order valence-electron chi connectivity index (χ4n) is 2.95. The Labute approximate surface area is 123 Å². The monoisotopic (exact) mass is 276 g/mol. The summed E-state index contributed by atoms with van der Waals surface area (Å²) in [7, 11) is 0. The molecule has 0 spiro atoms. The summed E-state index contributed by atoms with van der Waals surface area (Å²) in [6, 6.07) is 3.09.